The lowest BCUT2D eigenvalue weighted by atomic mass is 10.1. The fourth-order valence-corrected chi connectivity index (χ4v) is 4.84. The average molecular weight is 418 g/mol. The van der Waals surface area contributed by atoms with Crippen molar-refractivity contribution in [2.75, 3.05) is 36.4 Å². The fraction of sp³-hybridized carbons (Fsp3) is 0.423. The standard InChI is InChI=1S/C26H31N3O2/c1-4-15-28(25-14-9-21-7-5-6-8-24(21)25)18-26(30)27-22-10-12-23(13-11-22)29-16-19(2)31-20(3)17-29/h1,5-8,10-13,19-20,25H,9,14-18H2,2-3H3,(H,27,30). The van der Waals surface area contributed by atoms with Crippen molar-refractivity contribution in [3.05, 3.63) is 59.7 Å². The minimum atomic E-state index is -0.0407. The zero-order valence-electron chi connectivity index (χ0n) is 18.4. The monoisotopic (exact) mass is 417 g/mol. The Morgan fingerprint density at radius 3 is 2.58 bits per heavy atom. The van der Waals surface area contributed by atoms with Gasteiger partial charge in [-0.15, -0.1) is 6.42 Å². The van der Waals surface area contributed by atoms with Gasteiger partial charge in [-0.1, -0.05) is 30.2 Å². The third-order valence-corrected chi connectivity index (χ3v) is 6.12. The number of hydrogen-bond donors (Lipinski definition) is 1. The minimum absolute atomic E-state index is 0.0407. The molecule has 2 aromatic carbocycles. The minimum Gasteiger partial charge on any atom is -0.372 e. The van der Waals surface area contributed by atoms with Crippen molar-refractivity contribution in [3.8, 4) is 12.3 Å². The van der Waals surface area contributed by atoms with Crippen LogP contribution in [0, 0.1) is 12.3 Å². The quantitative estimate of drug-likeness (QED) is 0.725. The number of nitrogens with one attached hydrogen (secondary N) is 1. The van der Waals surface area contributed by atoms with Crippen LogP contribution in [-0.4, -0.2) is 49.2 Å². The van der Waals surface area contributed by atoms with E-state index in [2.05, 4.69) is 71.3 Å². The summed E-state index contributed by atoms with van der Waals surface area (Å²) in [5.74, 6) is 2.69. The van der Waals surface area contributed by atoms with Crippen LogP contribution >= 0.6 is 0 Å². The van der Waals surface area contributed by atoms with E-state index in [1.165, 1.54) is 11.1 Å². The number of ether oxygens (including phenoxy) is 1. The predicted octanol–water partition coefficient (Wildman–Crippen LogP) is 3.86. The van der Waals surface area contributed by atoms with E-state index in [-0.39, 0.29) is 30.7 Å². The number of terminal acetylenes is 1. The van der Waals surface area contributed by atoms with Crippen molar-refractivity contribution in [1.29, 1.82) is 0 Å². The van der Waals surface area contributed by atoms with Crippen LogP contribution in [0.4, 0.5) is 11.4 Å². The van der Waals surface area contributed by atoms with Gasteiger partial charge >= 0.3 is 0 Å². The molecule has 5 heteroatoms. The summed E-state index contributed by atoms with van der Waals surface area (Å²) in [5, 5.41) is 3.03. The molecule has 1 heterocycles. The van der Waals surface area contributed by atoms with Gasteiger partial charge in [0.2, 0.25) is 5.91 Å². The molecule has 5 nitrogen and oxygen atoms in total. The van der Waals surface area contributed by atoms with Gasteiger partial charge in [0.05, 0.1) is 25.3 Å². The van der Waals surface area contributed by atoms with Gasteiger partial charge < -0.3 is 15.0 Å². The van der Waals surface area contributed by atoms with Crippen LogP contribution in [-0.2, 0) is 16.0 Å². The number of aryl methyl sites for hydroxylation is 1. The highest BCUT2D eigenvalue weighted by atomic mass is 16.5. The molecule has 1 aliphatic carbocycles. The maximum absolute atomic E-state index is 12.8. The third kappa shape index (κ3) is 5.10. The number of amides is 1. The molecule has 0 saturated carbocycles. The van der Waals surface area contributed by atoms with E-state index in [9.17, 15) is 4.79 Å². The summed E-state index contributed by atoms with van der Waals surface area (Å²) in [4.78, 5) is 17.2. The molecule has 3 unspecified atom stereocenters. The maximum Gasteiger partial charge on any atom is 0.238 e. The number of benzene rings is 2. The van der Waals surface area contributed by atoms with Crippen molar-refractivity contribution in [2.24, 2.45) is 0 Å². The first-order valence-electron chi connectivity index (χ1n) is 11.1. The fourth-order valence-electron chi connectivity index (χ4n) is 4.84. The van der Waals surface area contributed by atoms with Crippen molar-refractivity contribution >= 4 is 17.3 Å². The van der Waals surface area contributed by atoms with Crippen LogP contribution in [0.2, 0.25) is 0 Å². The lowest BCUT2D eigenvalue weighted by Gasteiger charge is -2.36. The van der Waals surface area contributed by atoms with Crippen LogP contribution in [0.1, 0.15) is 37.4 Å². The number of carbonyl (C=O) groups is 1. The number of morpholine rings is 1. The summed E-state index contributed by atoms with van der Waals surface area (Å²) in [6, 6.07) is 16.7. The molecule has 4 rings (SSSR count). The van der Waals surface area contributed by atoms with Gasteiger partial charge in [-0.25, -0.2) is 0 Å². The van der Waals surface area contributed by atoms with Crippen LogP contribution in [0.3, 0.4) is 0 Å². The normalized spacial score (nSPS) is 22.8. The number of fused-ring (bicyclic) bond motifs is 1. The van der Waals surface area contributed by atoms with Gasteiger partial charge in [0.15, 0.2) is 0 Å². The van der Waals surface area contributed by atoms with Crippen LogP contribution < -0.4 is 10.2 Å². The zero-order chi connectivity index (χ0) is 21.8. The Morgan fingerprint density at radius 2 is 1.87 bits per heavy atom. The van der Waals surface area contributed by atoms with Crippen LogP contribution in [0.25, 0.3) is 0 Å². The Labute approximate surface area is 185 Å². The highest BCUT2D eigenvalue weighted by molar-refractivity contribution is 5.92. The van der Waals surface area contributed by atoms with Crippen molar-refractivity contribution in [2.45, 2.75) is 44.9 Å². The first kappa shape index (κ1) is 21.4. The largest absolute Gasteiger partial charge is 0.372 e. The Hall–Kier alpha value is -2.81. The molecule has 0 spiro atoms. The van der Waals surface area contributed by atoms with E-state index in [0.29, 0.717) is 6.54 Å². The second-order valence-corrected chi connectivity index (χ2v) is 8.62. The lowest BCUT2D eigenvalue weighted by Crippen LogP contribution is -2.45. The van der Waals surface area contributed by atoms with Crippen molar-refractivity contribution in [1.82, 2.24) is 4.90 Å². The second kappa shape index (κ2) is 9.55. The first-order chi connectivity index (χ1) is 15.0. The topological polar surface area (TPSA) is 44.8 Å². The third-order valence-electron chi connectivity index (χ3n) is 6.12. The van der Waals surface area contributed by atoms with Gasteiger partial charge in [-0.05, 0) is 62.1 Å². The van der Waals surface area contributed by atoms with Gasteiger partial charge in [-0.2, -0.15) is 0 Å². The van der Waals surface area contributed by atoms with E-state index >= 15 is 0 Å². The van der Waals surface area contributed by atoms with E-state index < -0.39 is 0 Å². The molecule has 31 heavy (non-hydrogen) atoms. The summed E-state index contributed by atoms with van der Waals surface area (Å²) in [6.07, 6.45) is 8.07. The smallest absolute Gasteiger partial charge is 0.238 e. The summed E-state index contributed by atoms with van der Waals surface area (Å²) in [7, 11) is 0. The average Bonchev–Trinajstić information content (AvgIpc) is 3.17. The molecular formula is C26H31N3O2. The number of rotatable bonds is 6. The Kier molecular flexibility index (Phi) is 6.60. The Bertz CT molecular complexity index is 940. The van der Waals surface area contributed by atoms with Gasteiger partial charge in [0.1, 0.15) is 0 Å². The summed E-state index contributed by atoms with van der Waals surface area (Å²) < 4.78 is 5.82. The highest BCUT2D eigenvalue weighted by Crippen LogP contribution is 2.35. The second-order valence-electron chi connectivity index (χ2n) is 8.62. The molecule has 2 aliphatic rings. The van der Waals surface area contributed by atoms with Gasteiger partial charge in [0, 0.05) is 30.5 Å². The number of anilines is 2. The summed E-state index contributed by atoms with van der Waals surface area (Å²) >= 11 is 0. The van der Waals surface area contributed by atoms with Gasteiger partial charge in [-0.3, -0.25) is 9.69 Å². The SMILES string of the molecule is C#CCN(CC(=O)Nc1ccc(N2CC(C)OC(C)C2)cc1)C1CCc2ccccc21. The highest BCUT2D eigenvalue weighted by Gasteiger charge is 2.28. The molecule has 0 bridgehead atoms. The lowest BCUT2D eigenvalue weighted by molar-refractivity contribution is -0.117. The molecule has 1 amide bonds. The molecule has 1 fully saturated rings. The molecule has 1 saturated heterocycles. The number of hydrogen-bond acceptors (Lipinski definition) is 4. The maximum atomic E-state index is 12.8. The molecular weight excluding hydrogens is 386 g/mol. The summed E-state index contributed by atoms with van der Waals surface area (Å²) in [6.45, 7) is 6.69. The molecule has 1 N–H and O–H groups in total. The first-order valence-corrected chi connectivity index (χ1v) is 11.1. The Morgan fingerprint density at radius 1 is 1.16 bits per heavy atom. The van der Waals surface area contributed by atoms with Crippen molar-refractivity contribution in [3.63, 3.8) is 0 Å². The predicted molar refractivity (Wildman–Crippen MR) is 125 cm³/mol. The molecule has 0 radical (unpaired) electrons. The zero-order valence-corrected chi connectivity index (χ0v) is 18.4. The van der Waals surface area contributed by atoms with E-state index in [1.807, 2.05) is 12.1 Å². The van der Waals surface area contributed by atoms with Gasteiger partial charge in [0.25, 0.3) is 0 Å². The van der Waals surface area contributed by atoms with E-state index in [0.717, 1.165) is 37.3 Å². The molecule has 1 aliphatic heterocycles. The Balaban J connectivity index is 1.38. The van der Waals surface area contributed by atoms with E-state index in [4.69, 9.17) is 11.2 Å². The van der Waals surface area contributed by atoms with Crippen LogP contribution in [0.5, 0.6) is 0 Å². The van der Waals surface area contributed by atoms with E-state index in [1.54, 1.807) is 0 Å². The van der Waals surface area contributed by atoms with Crippen LogP contribution in [0.15, 0.2) is 48.5 Å². The number of nitrogens with zero attached hydrogens (tertiary/aromatic N) is 2. The molecule has 3 atom stereocenters. The van der Waals surface area contributed by atoms with Crippen molar-refractivity contribution < 1.29 is 9.53 Å². The summed E-state index contributed by atoms with van der Waals surface area (Å²) in [5.41, 5.74) is 4.60. The number of carbonyl (C=O) groups excluding carboxylic acids is 1. The molecule has 2 aromatic rings. The molecule has 0 aromatic heterocycles. The molecule has 162 valence electrons.